The number of rotatable bonds is 7. The highest BCUT2D eigenvalue weighted by Gasteiger charge is 2.17. The molecule has 21 heavy (non-hydrogen) atoms. The number of hydrazine groups is 1. The minimum absolute atomic E-state index is 0.213. The molecule has 0 saturated heterocycles. The largest absolute Gasteiger partial charge is 0.335 e. The number of nitrogens with zero attached hydrogens (tertiary/aromatic N) is 3. The minimum Gasteiger partial charge on any atom is -0.326 e. The fourth-order valence-corrected chi connectivity index (χ4v) is 2.20. The van der Waals surface area contributed by atoms with Gasteiger partial charge in [-0.1, -0.05) is 45.2 Å². The predicted molar refractivity (Wildman–Crippen MR) is 85.1 cm³/mol. The van der Waals surface area contributed by atoms with Crippen LogP contribution >= 0.6 is 11.6 Å². The molecule has 0 fully saturated rings. The normalized spacial score (nSPS) is 13.4. The topological polar surface area (TPSA) is 70.2 Å². The highest BCUT2D eigenvalue weighted by atomic mass is 35.5. The Morgan fingerprint density at radius 1 is 1.33 bits per heavy atom. The molecule has 1 rings (SSSR count). The lowest BCUT2D eigenvalue weighted by Crippen LogP contribution is -2.43. The number of carbonyl (C=O) groups excluding carboxylic acids is 1. The molecule has 7 heteroatoms. The van der Waals surface area contributed by atoms with Gasteiger partial charge in [0.2, 0.25) is 0 Å². The molecule has 1 aromatic heterocycles. The van der Waals surface area contributed by atoms with Crippen LogP contribution < -0.4 is 10.9 Å². The number of amides is 2. The lowest BCUT2D eigenvalue weighted by molar-refractivity contribution is 0.194. The number of anilines is 1. The summed E-state index contributed by atoms with van der Waals surface area (Å²) in [5.74, 6) is 1.36. The van der Waals surface area contributed by atoms with Crippen LogP contribution in [0.5, 0.6) is 0 Å². The Morgan fingerprint density at radius 3 is 2.62 bits per heavy atom. The third-order valence-corrected chi connectivity index (χ3v) is 3.84. The molecule has 2 N–H and O–H groups in total. The van der Waals surface area contributed by atoms with E-state index in [1.54, 1.807) is 11.9 Å². The number of hydrogen-bond acceptors (Lipinski definition) is 4. The standard InChI is InChI=1S/C14H24ClN5O/c1-5-6-10(2)11(3)9-20(4)14(21)19-18-13-12(15)16-7-8-17-13/h7-8,10-11H,5-6,9H2,1-4H3,(H,17,18)(H,19,21). The summed E-state index contributed by atoms with van der Waals surface area (Å²) >= 11 is 5.85. The summed E-state index contributed by atoms with van der Waals surface area (Å²) in [6, 6.07) is -0.229. The third-order valence-electron chi connectivity index (χ3n) is 3.57. The molecular formula is C14H24ClN5O. The van der Waals surface area contributed by atoms with Crippen LogP contribution in [0.2, 0.25) is 5.15 Å². The highest BCUT2D eigenvalue weighted by molar-refractivity contribution is 6.31. The summed E-state index contributed by atoms with van der Waals surface area (Å²) in [4.78, 5) is 21.5. The fraction of sp³-hybridized carbons (Fsp3) is 0.643. The van der Waals surface area contributed by atoms with Gasteiger partial charge in [-0.2, -0.15) is 0 Å². The molecule has 2 amide bonds. The molecule has 6 nitrogen and oxygen atoms in total. The van der Waals surface area contributed by atoms with Gasteiger partial charge in [0.05, 0.1) is 0 Å². The summed E-state index contributed by atoms with van der Waals surface area (Å²) in [6.07, 6.45) is 5.31. The van der Waals surface area contributed by atoms with E-state index in [0.29, 0.717) is 24.2 Å². The van der Waals surface area contributed by atoms with E-state index in [1.807, 2.05) is 0 Å². The van der Waals surface area contributed by atoms with Crippen molar-refractivity contribution in [3.63, 3.8) is 0 Å². The monoisotopic (exact) mass is 313 g/mol. The van der Waals surface area contributed by atoms with Gasteiger partial charge >= 0.3 is 6.03 Å². The Balaban J connectivity index is 2.43. The van der Waals surface area contributed by atoms with Crippen molar-refractivity contribution >= 4 is 23.4 Å². The van der Waals surface area contributed by atoms with E-state index in [9.17, 15) is 4.79 Å². The smallest absolute Gasteiger partial charge is 0.326 e. The zero-order valence-corrected chi connectivity index (χ0v) is 13.8. The summed E-state index contributed by atoms with van der Waals surface area (Å²) in [6.45, 7) is 7.26. The van der Waals surface area contributed by atoms with Gasteiger partial charge in [-0.15, -0.1) is 0 Å². The van der Waals surface area contributed by atoms with Crippen LogP contribution in [-0.2, 0) is 0 Å². The molecule has 0 aliphatic rings. The quantitative estimate of drug-likeness (QED) is 0.759. The molecular weight excluding hydrogens is 290 g/mol. The van der Waals surface area contributed by atoms with Crippen LogP contribution in [0.15, 0.2) is 12.4 Å². The van der Waals surface area contributed by atoms with E-state index in [4.69, 9.17) is 11.6 Å². The first-order valence-corrected chi connectivity index (χ1v) is 7.57. The lowest BCUT2D eigenvalue weighted by atomic mass is 9.91. The van der Waals surface area contributed by atoms with Crippen LogP contribution in [0.4, 0.5) is 10.6 Å². The van der Waals surface area contributed by atoms with Crippen LogP contribution in [0.25, 0.3) is 0 Å². The first kappa shape index (κ1) is 17.5. The van der Waals surface area contributed by atoms with Gasteiger partial charge in [-0.3, -0.25) is 10.9 Å². The SMILES string of the molecule is CCCC(C)C(C)CN(C)C(=O)NNc1nccnc1Cl. The van der Waals surface area contributed by atoms with Gasteiger partial charge in [0.25, 0.3) is 0 Å². The summed E-state index contributed by atoms with van der Waals surface area (Å²) in [5, 5.41) is 0.213. The Morgan fingerprint density at radius 2 is 2.00 bits per heavy atom. The van der Waals surface area contributed by atoms with E-state index >= 15 is 0 Å². The van der Waals surface area contributed by atoms with E-state index in [0.717, 1.165) is 6.42 Å². The summed E-state index contributed by atoms with van der Waals surface area (Å²) < 4.78 is 0. The molecule has 118 valence electrons. The minimum atomic E-state index is -0.229. The Labute approximate surface area is 131 Å². The Hall–Kier alpha value is -1.56. The van der Waals surface area contributed by atoms with E-state index in [2.05, 4.69) is 41.6 Å². The van der Waals surface area contributed by atoms with Crippen molar-refractivity contribution in [3.05, 3.63) is 17.5 Å². The average molecular weight is 314 g/mol. The van der Waals surface area contributed by atoms with Gasteiger partial charge in [0.15, 0.2) is 11.0 Å². The molecule has 1 heterocycles. The second-order valence-corrected chi connectivity index (χ2v) is 5.73. The maximum absolute atomic E-state index is 12.0. The number of halogens is 1. The van der Waals surface area contributed by atoms with Gasteiger partial charge in [0, 0.05) is 26.0 Å². The Kier molecular flexibility index (Phi) is 7.22. The van der Waals surface area contributed by atoms with Gasteiger partial charge in [0.1, 0.15) is 0 Å². The van der Waals surface area contributed by atoms with Crippen molar-refractivity contribution in [2.24, 2.45) is 11.8 Å². The highest BCUT2D eigenvalue weighted by Crippen LogP contribution is 2.17. The third kappa shape index (κ3) is 5.75. The van der Waals surface area contributed by atoms with Crippen molar-refractivity contribution in [3.8, 4) is 0 Å². The number of nitrogens with one attached hydrogen (secondary N) is 2. The second-order valence-electron chi connectivity index (χ2n) is 5.37. The van der Waals surface area contributed by atoms with Crippen molar-refractivity contribution in [1.82, 2.24) is 20.3 Å². The molecule has 0 aromatic carbocycles. The summed E-state index contributed by atoms with van der Waals surface area (Å²) in [7, 11) is 1.77. The number of urea groups is 1. The van der Waals surface area contributed by atoms with Crippen molar-refractivity contribution < 1.29 is 4.79 Å². The second kappa shape index (κ2) is 8.67. The van der Waals surface area contributed by atoms with Crippen LogP contribution in [0.1, 0.15) is 33.6 Å². The van der Waals surface area contributed by atoms with E-state index in [-0.39, 0.29) is 11.2 Å². The molecule has 0 spiro atoms. The number of carbonyl (C=O) groups is 1. The average Bonchev–Trinajstić information content (AvgIpc) is 2.46. The van der Waals surface area contributed by atoms with Crippen LogP contribution in [0, 0.1) is 11.8 Å². The zero-order chi connectivity index (χ0) is 15.8. The molecule has 2 atom stereocenters. The van der Waals surface area contributed by atoms with Crippen molar-refractivity contribution in [2.45, 2.75) is 33.6 Å². The van der Waals surface area contributed by atoms with Gasteiger partial charge < -0.3 is 4.90 Å². The number of hydrogen-bond donors (Lipinski definition) is 2. The number of aromatic nitrogens is 2. The molecule has 0 aliphatic heterocycles. The summed E-state index contributed by atoms with van der Waals surface area (Å²) in [5.41, 5.74) is 5.24. The Bertz CT molecular complexity index is 457. The van der Waals surface area contributed by atoms with Gasteiger partial charge in [-0.05, 0) is 11.8 Å². The molecule has 2 unspecified atom stereocenters. The molecule has 0 saturated carbocycles. The first-order chi connectivity index (χ1) is 9.95. The fourth-order valence-electron chi connectivity index (χ4n) is 2.05. The maximum atomic E-state index is 12.0. The van der Waals surface area contributed by atoms with Crippen molar-refractivity contribution in [2.75, 3.05) is 19.0 Å². The maximum Gasteiger partial charge on any atom is 0.335 e. The van der Waals surface area contributed by atoms with Crippen LogP contribution in [-0.4, -0.2) is 34.5 Å². The molecule has 0 bridgehead atoms. The molecule has 0 aliphatic carbocycles. The van der Waals surface area contributed by atoms with E-state index < -0.39 is 0 Å². The van der Waals surface area contributed by atoms with E-state index in [1.165, 1.54) is 18.8 Å². The van der Waals surface area contributed by atoms with Gasteiger partial charge in [-0.25, -0.2) is 14.8 Å². The first-order valence-electron chi connectivity index (χ1n) is 7.19. The van der Waals surface area contributed by atoms with Crippen molar-refractivity contribution in [1.29, 1.82) is 0 Å². The predicted octanol–water partition coefficient (Wildman–Crippen LogP) is 3.17. The molecule has 1 aromatic rings. The lowest BCUT2D eigenvalue weighted by Gasteiger charge is -2.26. The zero-order valence-electron chi connectivity index (χ0n) is 13.1. The van der Waals surface area contributed by atoms with Crippen LogP contribution in [0.3, 0.4) is 0 Å². The molecule has 0 radical (unpaired) electrons.